The molecule has 0 N–H and O–H groups in total. The lowest BCUT2D eigenvalue weighted by Gasteiger charge is -2.31. The van der Waals surface area contributed by atoms with Crippen LogP contribution in [0.3, 0.4) is 0 Å². The van der Waals surface area contributed by atoms with Gasteiger partial charge in [0.15, 0.2) is 0 Å². The molecule has 1 aliphatic carbocycles. The first kappa shape index (κ1) is 15.4. The predicted molar refractivity (Wildman–Crippen MR) is 82.2 cm³/mol. The lowest BCUT2D eigenvalue weighted by atomic mass is 9.94. The highest BCUT2D eigenvalue weighted by Gasteiger charge is 2.21. The maximum absolute atomic E-state index is 13.5. The van der Waals surface area contributed by atoms with Crippen molar-refractivity contribution in [2.75, 3.05) is 12.8 Å². The Morgan fingerprint density at radius 3 is 2.70 bits per heavy atom. The largest absolute Gasteiger partial charge is 0.342 e. The molecule has 0 bridgehead atoms. The third-order valence-corrected chi connectivity index (χ3v) is 4.92. The molecule has 1 fully saturated rings. The van der Waals surface area contributed by atoms with Gasteiger partial charge in [-0.3, -0.25) is 4.79 Å². The van der Waals surface area contributed by atoms with Crippen molar-refractivity contribution >= 4 is 17.7 Å². The molecule has 0 aliphatic heterocycles. The minimum atomic E-state index is -0.187. The van der Waals surface area contributed by atoms with Gasteiger partial charge in [-0.1, -0.05) is 37.5 Å². The summed E-state index contributed by atoms with van der Waals surface area (Å²) in [6, 6.07) is 7.16. The van der Waals surface area contributed by atoms with E-state index in [1.807, 2.05) is 18.0 Å². The van der Waals surface area contributed by atoms with Crippen molar-refractivity contribution in [3.8, 4) is 0 Å². The average molecular weight is 295 g/mol. The van der Waals surface area contributed by atoms with Crippen LogP contribution < -0.4 is 0 Å². The lowest BCUT2D eigenvalue weighted by Crippen LogP contribution is -2.39. The molecule has 1 aromatic rings. The molecule has 110 valence electrons. The summed E-state index contributed by atoms with van der Waals surface area (Å²) < 4.78 is 13.5. The van der Waals surface area contributed by atoms with Crippen LogP contribution in [0.4, 0.5) is 4.39 Å². The van der Waals surface area contributed by atoms with Gasteiger partial charge in [-0.05, 0) is 24.5 Å². The number of rotatable bonds is 5. The summed E-state index contributed by atoms with van der Waals surface area (Å²) in [6.07, 6.45) is 6.00. The zero-order valence-electron chi connectivity index (χ0n) is 12.0. The molecule has 1 aliphatic rings. The van der Waals surface area contributed by atoms with E-state index in [1.165, 1.54) is 37.1 Å². The van der Waals surface area contributed by atoms with E-state index < -0.39 is 0 Å². The summed E-state index contributed by atoms with van der Waals surface area (Å²) in [5.74, 6) is 0.962. The van der Waals surface area contributed by atoms with Crippen molar-refractivity contribution in [1.29, 1.82) is 0 Å². The molecule has 2 rings (SSSR count). The van der Waals surface area contributed by atoms with Crippen molar-refractivity contribution in [2.45, 2.75) is 43.9 Å². The Morgan fingerprint density at radius 1 is 1.30 bits per heavy atom. The maximum Gasteiger partial charge on any atom is 0.232 e. The summed E-state index contributed by atoms with van der Waals surface area (Å²) in [5.41, 5.74) is 0.672. The molecule has 0 unspecified atom stereocenters. The van der Waals surface area contributed by atoms with E-state index >= 15 is 0 Å². The Bertz CT molecular complexity index is 446. The Morgan fingerprint density at radius 2 is 2.00 bits per heavy atom. The fourth-order valence-corrected chi connectivity index (χ4v) is 3.57. The summed E-state index contributed by atoms with van der Waals surface area (Å²) in [5, 5.41) is 0. The van der Waals surface area contributed by atoms with Crippen molar-refractivity contribution in [1.82, 2.24) is 4.90 Å². The SMILES string of the molecule is CN(C(=O)CSCc1ccccc1F)C1CCCCC1. The monoisotopic (exact) mass is 295 g/mol. The molecule has 1 saturated carbocycles. The molecular weight excluding hydrogens is 273 g/mol. The molecular formula is C16H22FNOS. The average Bonchev–Trinajstić information content (AvgIpc) is 2.49. The minimum absolute atomic E-state index is 0.165. The van der Waals surface area contributed by atoms with Crippen LogP contribution in [-0.4, -0.2) is 29.6 Å². The van der Waals surface area contributed by atoms with E-state index in [-0.39, 0.29) is 11.7 Å². The van der Waals surface area contributed by atoms with Crippen LogP contribution in [0.2, 0.25) is 0 Å². The number of carbonyl (C=O) groups excluding carboxylic acids is 1. The van der Waals surface area contributed by atoms with Gasteiger partial charge < -0.3 is 4.90 Å². The highest BCUT2D eigenvalue weighted by atomic mass is 32.2. The molecule has 0 aromatic heterocycles. The van der Waals surface area contributed by atoms with E-state index in [4.69, 9.17) is 0 Å². The third kappa shape index (κ3) is 4.23. The first-order valence-corrected chi connectivity index (χ1v) is 8.41. The number of halogens is 1. The number of benzene rings is 1. The number of thioether (sulfide) groups is 1. The molecule has 0 saturated heterocycles. The van der Waals surface area contributed by atoms with Gasteiger partial charge in [0, 0.05) is 18.8 Å². The number of carbonyl (C=O) groups is 1. The standard InChI is InChI=1S/C16H22FNOS/c1-18(14-8-3-2-4-9-14)16(19)12-20-11-13-7-5-6-10-15(13)17/h5-7,10,14H,2-4,8-9,11-12H2,1H3. The van der Waals surface area contributed by atoms with Crippen molar-refractivity contribution in [2.24, 2.45) is 0 Å². The molecule has 0 heterocycles. The topological polar surface area (TPSA) is 20.3 Å². The Hall–Kier alpha value is -1.03. The fraction of sp³-hybridized carbons (Fsp3) is 0.562. The van der Waals surface area contributed by atoms with Crippen LogP contribution in [0.15, 0.2) is 24.3 Å². The number of hydrogen-bond donors (Lipinski definition) is 0. The second kappa shape index (κ2) is 7.67. The van der Waals surface area contributed by atoms with Crippen LogP contribution in [0.1, 0.15) is 37.7 Å². The lowest BCUT2D eigenvalue weighted by molar-refractivity contribution is -0.129. The first-order chi connectivity index (χ1) is 9.68. The fourth-order valence-electron chi connectivity index (χ4n) is 2.64. The Labute approximate surface area is 124 Å². The van der Waals surface area contributed by atoms with E-state index in [9.17, 15) is 9.18 Å². The van der Waals surface area contributed by atoms with Gasteiger partial charge >= 0.3 is 0 Å². The molecule has 1 aromatic carbocycles. The van der Waals surface area contributed by atoms with Crippen molar-refractivity contribution in [3.05, 3.63) is 35.6 Å². The van der Waals surface area contributed by atoms with Crippen molar-refractivity contribution in [3.63, 3.8) is 0 Å². The van der Waals surface area contributed by atoms with Crippen molar-refractivity contribution < 1.29 is 9.18 Å². The Balaban J connectivity index is 1.76. The van der Waals surface area contributed by atoms with Gasteiger partial charge in [0.25, 0.3) is 0 Å². The van der Waals surface area contributed by atoms with E-state index in [2.05, 4.69) is 0 Å². The highest BCUT2D eigenvalue weighted by molar-refractivity contribution is 7.99. The summed E-state index contributed by atoms with van der Waals surface area (Å²) in [6.45, 7) is 0. The molecule has 20 heavy (non-hydrogen) atoms. The molecule has 0 atom stereocenters. The summed E-state index contributed by atoms with van der Waals surface area (Å²) in [7, 11) is 1.90. The van der Waals surface area contributed by atoms with Gasteiger partial charge in [0.05, 0.1) is 5.75 Å². The second-order valence-corrected chi connectivity index (χ2v) is 6.37. The number of nitrogens with zero attached hydrogens (tertiary/aromatic N) is 1. The molecule has 0 spiro atoms. The van der Waals surface area contributed by atoms with Gasteiger partial charge in [0.2, 0.25) is 5.91 Å². The van der Waals surface area contributed by atoms with Crippen LogP contribution in [-0.2, 0) is 10.5 Å². The molecule has 2 nitrogen and oxygen atoms in total. The number of amides is 1. The first-order valence-electron chi connectivity index (χ1n) is 7.25. The normalized spacial score (nSPS) is 16.1. The predicted octanol–water partition coefficient (Wildman–Crippen LogP) is 3.85. The van der Waals surface area contributed by atoms with Crippen LogP contribution in [0.25, 0.3) is 0 Å². The maximum atomic E-state index is 13.5. The molecule has 4 heteroatoms. The quantitative estimate of drug-likeness (QED) is 0.822. The molecule has 0 radical (unpaired) electrons. The zero-order chi connectivity index (χ0) is 14.4. The number of hydrogen-bond acceptors (Lipinski definition) is 2. The van der Waals surface area contributed by atoms with Crippen LogP contribution >= 0.6 is 11.8 Å². The zero-order valence-corrected chi connectivity index (χ0v) is 12.8. The minimum Gasteiger partial charge on any atom is -0.342 e. The van der Waals surface area contributed by atoms with E-state index in [0.29, 0.717) is 23.1 Å². The highest BCUT2D eigenvalue weighted by Crippen LogP contribution is 2.23. The van der Waals surface area contributed by atoms with Gasteiger partial charge in [-0.25, -0.2) is 4.39 Å². The summed E-state index contributed by atoms with van der Waals surface area (Å²) >= 11 is 1.49. The summed E-state index contributed by atoms with van der Waals surface area (Å²) in [4.78, 5) is 14.0. The van der Waals surface area contributed by atoms with Gasteiger partial charge in [0.1, 0.15) is 5.82 Å². The smallest absolute Gasteiger partial charge is 0.232 e. The van der Waals surface area contributed by atoms with E-state index in [1.54, 1.807) is 12.1 Å². The van der Waals surface area contributed by atoms with Crippen LogP contribution in [0, 0.1) is 5.82 Å². The third-order valence-electron chi connectivity index (χ3n) is 3.96. The second-order valence-electron chi connectivity index (χ2n) is 5.38. The van der Waals surface area contributed by atoms with Gasteiger partial charge in [-0.2, -0.15) is 0 Å². The Kier molecular flexibility index (Phi) is 5.89. The van der Waals surface area contributed by atoms with Crippen LogP contribution in [0.5, 0.6) is 0 Å². The van der Waals surface area contributed by atoms with E-state index in [0.717, 1.165) is 12.8 Å². The van der Waals surface area contributed by atoms with Gasteiger partial charge in [-0.15, -0.1) is 11.8 Å². The molecule has 1 amide bonds.